The van der Waals surface area contributed by atoms with Crippen molar-refractivity contribution in [2.24, 2.45) is 0 Å². The molecule has 1 aromatic carbocycles. The summed E-state index contributed by atoms with van der Waals surface area (Å²) in [5.74, 6) is 0.410. The van der Waals surface area contributed by atoms with Gasteiger partial charge in [-0.1, -0.05) is 18.2 Å². The molecule has 0 atom stereocenters. The number of rotatable bonds is 4. The van der Waals surface area contributed by atoms with Crippen molar-refractivity contribution in [3.63, 3.8) is 0 Å². The van der Waals surface area contributed by atoms with Crippen LogP contribution in [0.1, 0.15) is 10.6 Å². The lowest BCUT2D eigenvalue weighted by atomic mass is 10.3. The molecule has 7 nitrogen and oxygen atoms in total. The van der Waals surface area contributed by atoms with Gasteiger partial charge in [-0.2, -0.15) is 9.67 Å². The topological polar surface area (TPSA) is 99.0 Å². The number of carbonyl (C=O) groups is 1. The van der Waals surface area contributed by atoms with E-state index in [-0.39, 0.29) is 11.9 Å². The van der Waals surface area contributed by atoms with Crippen LogP contribution in [0.3, 0.4) is 0 Å². The van der Waals surface area contributed by atoms with E-state index in [1.54, 1.807) is 12.1 Å². The molecule has 7 heteroatoms. The van der Waals surface area contributed by atoms with Crippen molar-refractivity contribution in [1.29, 1.82) is 0 Å². The van der Waals surface area contributed by atoms with Gasteiger partial charge in [0.1, 0.15) is 5.76 Å². The van der Waals surface area contributed by atoms with Gasteiger partial charge >= 0.3 is 0 Å². The summed E-state index contributed by atoms with van der Waals surface area (Å²) in [6.45, 7) is 0. The highest BCUT2D eigenvalue weighted by Crippen LogP contribution is 2.14. The number of furan rings is 1. The number of nitrogens with one attached hydrogen (secondary N) is 1. The van der Waals surface area contributed by atoms with E-state index in [9.17, 15) is 4.79 Å². The molecule has 22 heavy (non-hydrogen) atoms. The quantitative estimate of drug-likeness (QED) is 0.718. The van der Waals surface area contributed by atoms with Crippen molar-refractivity contribution in [3.05, 3.63) is 60.6 Å². The second-order valence-electron chi connectivity index (χ2n) is 4.38. The molecule has 0 amide bonds. The average molecular weight is 295 g/mol. The molecular weight excluding hydrogens is 282 g/mol. The smallest absolute Gasteiger partial charge is 0.274 e. The summed E-state index contributed by atoms with van der Waals surface area (Å²) in [4.78, 5) is 16.1. The molecule has 2 heterocycles. The maximum Gasteiger partial charge on any atom is 0.274 e. The van der Waals surface area contributed by atoms with E-state index in [0.29, 0.717) is 5.76 Å². The Morgan fingerprint density at radius 1 is 1.23 bits per heavy atom. The van der Waals surface area contributed by atoms with Gasteiger partial charge in [-0.05, 0) is 30.3 Å². The lowest BCUT2D eigenvalue weighted by Gasteiger charge is -1.99. The van der Waals surface area contributed by atoms with Gasteiger partial charge < -0.3 is 15.5 Å². The zero-order valence-electron chi connectivity index (χ0n) is 11.5. The third kappa shape index (κ3) is 3.04. The number of carbonyl (C=O) groups excluding carboxylic acids is 1. The largest absolute Gasteiger partial charge is 0.465 e. The summed E-state index contributed by atoms with van der Waals surface area (Å²) in [5.41, 5.74) is 6.52. The highest BCUT2D eigenvalue weighted by molar-refractivity contribution is 5.94. The molecule has 0 fully saturated rings. The van der Waals surface area contributed by atoms with Gasteiger partial charge in [-0.3, -0.25) is 4.79 Å². The average Bonchev–Trinajstić information content (AvgIpc) is 3.16. The third-order valence-corrected chi connectivity index (χ3v) is 2.80. The standard InChI is InChI=1S/C15H13N5O2/c16-14-18-15(17-11-5-2-1-3-6-11)19-20(14)13(21)9-8-12-7-4-10-22-12/h1-10H,(H3,16,17,18,19)/b9-8+. The van der Waals surface area contributed by atoms with Crippen molar-refractivity contribution in [2.45, 2.75) is 0 Å². The molecule has 110 valence electrons. The molecule has 2 aromatic heterocycles. The lowest BCUT2D eigenvalue weighted by Crippen LogP contribution is -2.12. The molecule has 0 saturated heterocycles. The number of anilines is 3. The fourth-order valence-corrected chi connectivity index (χ4v) is 1.80. The zero-order valence-corrected chi connectivity index (χ0v) is 11.5. The van der Waals surface area contributed by atoms with Crippen LogP contribution in [0.4, 0.5) is 17.6 Å². The summed E-state index contributed by atoms with van der Waals surface area (Å²) in [5, 5.41) is 7.01. The summed E-state index contributed by atoms with van der Waals surface area (Å²) >= 11 is 0. The molecule has 0 bridgehead atoms. The van der Waals surface area contributed by atoms with E-state index in [4.69, 9.17) is 10.2 Å². The minimum Gasteiger partial charge on any atom is -0.465 e. The first-order chi connectivity index (χ1) is 10.7. The molecular formula is C15H13N5O2. The monoisotopic (exact) mass is 295 g/mol. The lowest BCUT2D eigenvalue weighted by molar-refractivity contribution is 0.0958. The molecule has 3 N–H and O–H groups in total. The molecule has 0 aliphatic rings. The predicted octanol–water partition coefficient (Wildman–Crippen LogP) is 2.55. The number of hydrogen-bond acceptors (Lipinski definition) is 6. The third-order valence-electron chi connectivity index (χ3n) is 2.80. The molecule has 0 unspecified atom stereocenters. The number of nitrogens with zero attached hydrogens (tertiary/aromatic N) is 3. The van der Waals surface area contributed by atoms with Crippen LogP contribution in [0.25, 0.3) is 6.08 Å². The Balaban J connectivity index is 1.76. The van der Waals surface area contributed by atoms with Crippen LogP contribution in [-0.4, -0.2) is 20.7 Å². The SMILES string of the molecule is Nc1nc(Nc2ccccc2)nn1C(=O)/C=C/c1ccco1. The van der Waals surface area contributed by atoms with Gasteiger partial charge in [0, 0.05) is 11.8 Å². The van der Waals surface area contributed by atoms with E-state index < -0.39 is 5.91 Å². The van der Waals surface area contributed by atoms with Gasteiger partial charge in [0.2, 0.25) is 11.9 Å². The minimum atomic E-state index is -0.414. The summed E-state index contributed by atoms with van der Waals surface area (Å²) in [6.07, 6.45) is 4.37. The predicted molar refractivity (Wildman–Crippen MR) is 82.5 cm³/mol. The molecule has 0 radical (unpaired) electrons. The molecule has 3 aromatic rings. The normalized spacial score (nSPS) is 10.9. The van der Waals surface area contributed by atoms with Gasteiger partial charge in [0.15, 0.2) is 0 Å². The van der Waals surface area contributed by atoms with Crippen molar-refractivity contribution in [2.75, 3.05) is 11.1 Å². The second-order valence-corrected chi connectivity index (χ2v) is 4.38. The highest BCUT2D eigenvalue weighted by atomic mass is 16.3. The van der Waals surface area contributed by atoms with Crippen LogP contribution in [0.5, 0.6) is 0 Å². The van der Waals surface area contributed by atoms with Crippen LogP contribution >= 0.6 is 0 Å². The number of nitrogens with two attached hydrogens (primary N) is 1. The van der Waals surface area contributed by atoms with Crippen molar-refractivity contribution in [1.82, 2.24) is 14.8 Å². The number of nitrogen functional groups attached to an aromatic ring is 1. The number of aromatic nitrogens is 3. The Morgan fingerprint density at radius 2 is 2.05 bits per heavy atom. The fourth-order valence-electron chi connectivity index (χ4n) is 1.80. The Morgan fingerprint density at radius 3 is 2.77 bits per heavy atom. The summed E-state index contributed by atoms with van der Waals surface area (Å²) < 4.78 is 6.12. The van der Waals surface area contributed by atoms with Crippen molar-refractivity contribution < 1.29 is 9.21 Å². The first kappa shape index (κ1) is 13.6. The van der Waals surface area contributed by atoms with Crippen LogP contribution in [-0.2, 0) is 0 Å². The van der Waals surface area contributed by atoms with Gasteiger partial charge in [0.25, 0.3) is 5.91 Å². The van der Waals surface area contributed by atoms with Crippen LogP contribution in [0.2, 0.25) is 0 Å². The Bertz CT molecular complexity index is 791. The Hall–Kier alpha value is -3.35. The molecule has 0 aliphatic carbocycles. The maximum absolute atomic E-state index is 12.1. The number of allylic oxidation sites excluding steroid dienone is 1. The van der Waals surface area contributed by atoms with Gasteiger partial charge in [-0.15, -0.1) is 5.10 Å². The van der Waals surface area contributed by atoms with Crippen molar-refractivity contribution in [3.8, 4) is 0 Å². The maximum atomic E-state index is 12.1. The van der Waals surface area contributed by atoms with Crippen LogP contribution < -0.4 is 11.1 Å². The fraction of sp³-hybridized carbons (Fsp3) is 0. The summed E-state index contributed by atoms with van der Waals surface area (Å²) in [6, 6.07) is 12.8. The van der Waals surface area contributed by atoms with Crippen LogP contribution in [0.15, 0.2) is 59.2 Å². The van der Waals surface area contributed by atoms with Gasteiger partial charge in [-0.25, -0.2) is 0 Å². The van der Waals surface area contributed by atoms with E-state index in [0.717, 1.165) is 10.4 Å². The van der Waals surface area contributed by atoms with E-state index >= 15 is 0 Å². The zero-order chi connectivity index (χ0) is 15.4. The number of hydrogen-bond donors (Lipinski definition) is 2. The second kappa shape index (κ2) is 5.96. The molecule has 0 spiro atoms. The first-order valence-electron chi connectivity index (χ1n) is 6.53. The van der Waals surface area contributed by atoms with E-state index in [1.807, 2.05) is 30.3 Å². The molecule has 0 saturated carbocycles. The van der Waals surface area contributed by atoms with Crippen molar-refractivity contribution >= 4 is 29.6 Å². The Labute approximate surface area is 126 Å². The first-order valence-corrected chi connectivity index (χ1v) is 6.53. The number of benzene rings is 1. The molecule has 0 aliphatic heterocycles. The van der Waals surface area contributed by atoms with Gasteiger partial charge in [0.05, 0.1) is 6.26 Å². The van der Waals surface area contributed by atoms with E-state index in [2.05, 4.69) is 15.4 Å². The number of para-hydroxylation sites is 1. The van der Waals surface area contributed by atoms with E-state index in [1.165, 1.54) is 18.4 Å². The minimum absolute atomic E-state index is 0.00697. The molecule has 3 rings (SSSR count). The Kier molecular flexibility index (Phi) is 3.69. The highest BCUT2D eigenvalue weighted by Gasteiger charge is 2.11. The summed E-state index contributed by atoms with van der Waals surface area (Å²) in [7, 11) is 0. The van der Waals surface area contributed by atoms with Crippen LogP contribution in [0, 0.1) is 0 Å².